The van der Waals surface area contributed by atoms with E-state index in [0.29, 0.717) is 83.0 Å². The third-order valence-electron chi connectivity index (χ3n) is 13.7. The van der Waals surface area contributed by atoms with E-state index in [1.807, 2.05) is 32.9 Å². The van der Waals surface area contributed by atoms with Crippen molar-refractivity contribution in [1.29, 1.82) is 0 Å². The zero-order valence-electron chi connectivity index (χ0n) is 71.9. The number of guanidine groups is 9. The molecule has 6 aromatic carbocycles. The summed E-state index contributed by atoms with van der Waals surface area (Å²) in [6.07, 6.45) is 23.3. The highest BCUT2D eigenvalue weighted by molar-refractivity contribution is 9.10. The number of thiophene rings is 1. The number of ether oxygens (including phenoxy) is 2. The van der Waals surface area contributed by atoms with Crippen LogP contribution in [0.1, 0.15) is 162 Å². The van der Waals surface area contributed by atoms with Crippen LogP contribution in [0.15, 0.2) is 166 Å². The molecule has 0 atom stereocenters. The van der Waals surface area contributed by atoms with Crippen molar-refractivity contribution in [2.45, 2.75) is 52.9 Å². The topological polar surface area (TPSA) is 979 Å². The number of nitrogens with zero attached hydrogens (tertiary/aromatic N) is 9. The minimum atomic E-state index is -1.77. The summed E-state index contributed by atoms with van der Waals surface area (Å²) < 4.78 is 11.7. The summed E-state index contributed by atoms with van der Waals surface area (Å²) >= 11 is 4.63. The molecule has 133 heavy (non-hydrogen) atoms. The van der Waals surface area contributed by atoms with Crippen molar-refractivity contribution >= 4 is 219 Å². The number of nitrogens with one attached hydrogen (secondary N) is 9. The van der Waals surface area contributed by atoms with Gasteiger partial charge in [-0.3, -0.25) is 38.4 Å². The molecule has 0 unspecified atom stereocenters. The molecule has 1 aromatic heterocycles. The van der Waals surface area contributed by atoms with Gasteiger partial charge in [0, 0.05) is 119 Å². The van der Waals surface area contributed by atoms with E-state index >= 15 is 0 Å². The molecule has 704 valence electrons. The minimum absolute atomic E-state index is 0.00311. The molecule has 1 heterocycles. The number of unbranched alkanes of at least 4 members (excludes halogenated alkanes) is 2. The third kappa shape index (κ3) is 59.1. The van der Waals surface area contributed by atoms with Gasteiger partial charge in [0.05, 0.1) is 45.2 Å². The number of carbonyl (C=O) groups is 9. The summed E-state index contributed by atoms with van der Waals surface area (Å²) in [5, 5.41) is 101. The van der Waals surface area contributed by atoms with Crippen LogP contribution < -0.4 is 170 Å². The standard InChI is InChI=1S/2C12H17BN4O4.C10H12N4O2.C9H9BrN4O.2C9H10N4O.C7H8N4OS.C6H12N4O.C3H6N4O/c1-2-3-21-11-9(6-16-17-12(14)15)4-8(7-18)5-10(11)13(19)20;1-2-3-21-11-9(7-18)4-8(5-10(11)13(19)20)6-16-17-12(14)15;1-6-2-7(4-13-14-10(11)12)9(16)8(3-6)5-15;10-8-2-6(1-7(3-8)5-15)4-13-14-9(11)12;10-9(11)13-12-5-7-1-3-8(6-14)4-2-7;10-9(11)13-12-5-7-2-1-3-8(4-7)6-14;8-7(9)11-10-3-5-1-2-6(4-12)13-5;7-6(8)10-9-4-2-1-3-5-11;4-3(5)7-6-1-2-8/h2*4-7,19-20H,2-3H2,1H3,(H4,14,15,17);2-5,16H,1H3,(H4,11,12,14);1-5H,(H4,11,12,14);2*1-6H,(H4,10,11,13);1-4H,(H4,8,9,11);4-5H,1-3H2,(H4,7,8,10);1-2H,(H4,4,5,7)/p+9. The molecule has 0 aliphatic rings. The SMILES string of the molecule is CCCOc1c(C=O)cc(C=[NH+]N=C(N)N)cc1B(O)O.CCCOc1c(C=[NH+]N=C(N)N)cc(C=O)cc1B(O)O.Cc1cc(C=O)c(O)c(C=[NH+]N=C(N)N)c1.NC(N)=N[NH+]=CC=O.NC(N)=N[NH+]=CCCCC=O.NC(N)=N[NH+]=Cc1cc(Br)cc(C=O)c1.NC(N)=N[NH+]=Cc1ccc(C=O)cc1.NC(N)=N[NH+]=Cc1ccc(C=O)s1.NC(N)=N[NH+]=Cc1cccc(C=O)c1. The number of phenolic OH excluding ortho intramolecular Hbond substituents is 1. The van der Waals surface area contributed by atoms with E-state index in [0.717, 1.165) is 94.9 Å². The molecule has 50 N–H and O–H groups in total. The fraction of sp³-hybridized carbons (Fsp3) is 0.130. The maximum atomic E-state index is 11.2. The molecular formula is C77H110B2BrN36O16S+9. The summed E-state index contributed by atoms with van der Waals surface area (Å²) in [5.41, 5.74) is 98.8. The number of benzene rings is 6. The van der Waals surface area contributed by atoms with Gasteiger partial charge in [0.25, 0.3) is 53.6 Å². The fourth-order valence-corrected chi connectivity index (χ4v) is 9.70. The summed E-state index contributed by atoms with van der Waals surface area (Å²) in [4.78, 5) is 95.3. The molecule has 0 amide bonds. The zero-order chi connectivity index (χ0) is 100. The van der Waals surface area contributed by atoms with Crippen LogP contribution in [0.5, 0.6) is 17.2 Å². The van der Waals surface area contributed by atoms with Gasteiger partial charge < -0.3 is 143 Å². The predicted octanol–water partition coefficient (Wildman–Crippen LogP) is -20.7. The molecule has 0 bridgehead atoms. The van der Waals surface area contributed by atoms with Crippen LogP contribution >= 0.6 is 27.3 Å². The predicted molar refractivity (Wildman–Crippen MR) is 511 cm³/mol. The molecule has 0 saturated heterocycles. The van der Waals surface area contributed by atoms with Crippen LogP contribution in [-0.4, -0.2) is 219 Å². The molecule has 0 aliphatic carbocycles. The Morgan fingerprint density at radius 1 is 0.368 bits per heavy atom. The van der Waals surface area contributed by atoms with Gasteiger partial charge in [-0.1, -0.05) is 59.1 Å². The van der Waals surface area contributed by atoms with E-state index in [-0.39, 0.29) is 98.5 Å². The number of carbonyl (C=O) groups excluding carboxylic acids is 9. The summed E-state index contributed by atoms with van der Waals surface area (Å²) in [7, 11) is -3.54. The smallest absolute Gasteiger partial charge is 0.492 e. The van der Waals surface area contributed by atoms with Gasteiger partial charge in [0.15, 0.2) is 25.1 Å². The van der Waals surface area contributed by atoms with Crippen molar-refractivity contribution in [3.63, 3.8) is 0 Å². The number of hydrogen-bond donors (Lipinski definition) is 32. The quantitative estimate of drug-likeness (QED) is 0.00433. The Bertz CT molecular complexity index is 5420. The first-order valence-electron chi connectivity index (χ1n) is 37.7. The first kappa shape index (κ1) is 117. The maximum absolute atomic E-state index is 11.2. The van der Waals surface area contributed by atoms with Crippen LogP contribution in [0.25, 0.3) is 0 Å². The van der Waals surface area contributed by atoms with Crippen molar-refractivity contribution in [3.8, 4) is 17.2 Å². The zero-order valence-corrected chi connectivity index (χ0v) is 74.3. The van der Waals surface area contributed by atoms with E-state index in [1.165, 1.54) is 54.2 Å². The first-order valence-corrected chi connectivity index (χ1v) is 39.3. The van der Waals surface area contributed by atoms with Gasteiger partial charge in [-0.2, -0.15) is 0 Å². The number of rotatable bonds is 36. The van der Waals surface area contributed by atoms with E-state index in [4.69, 9.17) is 113 Å². The number of aromatic hydroxyl groups is 1. The van der Waals surface area contributed by atoms with Crippen molar-refractivity contribution in [2.24, 2.45) is 149 Å². The largest absolute Gasteiger partial charge is 0.506 e. The Balaban J connectivity index is 0. The average Bonchev–Trinajstić information content (AvgIpc) is 1.28. The fourth-order valence-electron chi connectivity index (χ4n) is 8.47. The number of nitrogens with two attached hydrogens (primary N) is 18. The molecule has 0 spiro atoms. The lowest BCUT2D eigenvalue weighted by Gasteiger charge is -2.13. The molecule has 7 rings (SSSR count). The highest BCUT2D eigenvalue weighted by Gasteiger charge is 2.24. The second-order valence-electron chi connectivity index (χ2n) is 24.6. The molecule has 0 fully saturated rings. The van der Waals surface area contributed by atoms with Crippen LogP contribution in [0.3, 0.4) is 0 Å². The molecule has 0 radical (unpaired) electrons. The van der Waals surface area contributed by atoms with E-state index in [2.05, 4.69) is 108 Å². The molecule has 0 saturated carbocycles. The van der Waals surface area contributed by atoms with Crippen molar-refractivity contribution in [1.82, 2.24) is 0 Å². The van der Waals surface area contributed by atoms with Crippen LogP contribution in [-0.2, 0) is 9.59 Å². The number of phenols is 1. The molecule has 56 heteroatoms. The number of aldehydes is 9. The normalized spacial score (nSPS) is 10.1. The lowest BCUT2D eigenvalue weighted by Crippen LogP contribution is -2.64. The Morgan fingerprint density at radius 2 is 0.737 bits per heavy atom. The number of hydrogen-bond acceptors (Lipinski definition) is 26. The Labute approximate surface area is 772 Å². The molecule has 52 nitrogen and oxygen atoms in total. The number of aryl methyl sites for hydroxylation is 1. The lowest BCUT2D eigenvalue weighted by atomic mass is 9.77. The second kappa shape index (κ2) is 71.5. The van der Waals surface area contributed by atoms with Crippen LogP contribution in [0.4, 0.5) is 0 Å². The van der Waals surface area contributed by atoms with Crippen molar-refractivity contribution < 1.29 is 124 Å². The third-order valence-corrected chi connectivity index (χ3v) is 15.1. The van der Waals surface area contributed by atoms with E-state index < -0.39 is 14.2 Å². The van der Waals surface area contributed by atoms with Crippen molar-refractivity contribution in [2.75, 3.05) is 13.2 Å². The Morgan fingerprint density at radius 3 is 1.17 bits per heavy atom. The average molecular weight is 1930 g/mol. The Hall–Kier alpha value is -17.6. The highest BCUT2D eigenvalue weighted by Crippen LogP contribution is 2.22. The van der Waals surface area contributed by atoms with Gasteiger partial charge in [-0.05, 0) is 123 Å². The first-order chi connectivity index (χ1) is 63.3. The van der Waals surface area contributed by atoms with Gasteiger partial charge in [-0.15, -0.1) is 52.1 Å². The van der Waals surface area contributed by atoms with Gasteiger partial charge in [0.1, 0.15) is 48.7 Å². The second-order valence-corrected chi connectivity index (χ2v) is 26.7. The highest BCUT2D eigenvalue weighted by atomic mass is 79.9. The lowest BCUT2D eigenvalue weighted by molar-refractivity contribution is -0.458. The summed E-state index contributed by atoms with van der Waals surface area (Å²) in [5.74, 6) is -0.462. The summed E-state index contributed by atoms with van der Waals surface area (Å²) in [6, 6.07) is 31.8. The van der Waals surface area contributed by atoms with Crippen molar-refractivity contribution in [3.05, 3.63) is 202 Å². The van der Waals surface area contributed by atoms with E-state index in [9.17, 15) is 68.4 Å². The van der Waals surface area contributed by atoms with E-state index in [1.54, 1.807) is 110 Å². The molecule has 0 aliphatic heterocycles. The maximum Gasteiger partial charge on any atom is 0.492 e. The van der Waals surface area contributed by atoms with Crippen LogP contribution in [0.2, 0.25) is 0 Å². The van der Waals surface area contributed by atoms with Gasteiger partial charge >= 0.3 is 14.2 Å². The summed E-state index contributed by atoms with van der Waals surface area (Å²) in [6.45, 7) is 6.36. The van der Waals surface area contributed by atoms with Crippen LogP contribution in [0, 0.1) is 6.92 Å². The minimum Gasteiger partial charge on any atom is -0.506 e. The molecular weight excluding hydrogens is 1820 g/mol. The molecule has 7 aromatic rings. The monoisotopic (exact) mass is 1930 g/mol. The Kier molecular flexibility index (Phi) is 63.1. The van der Waals surface area contributed by atoms with Gasteiger partial charge in [-0.25, -0.2) is 0 Å². The number of hydrazone groups is 9. The number of halogens is 1. The van der Waals surface area contributed by atoms with Gasteiger partial charge in [0.2, 0.25) is 56.0 Å².